The van der Waals surface area contributed by atoms with E-state index in [1.807, 2.05) is 24.4 Å². The SMILES string of the molecule is CCCNc1nc2ccccn2n1. The van der Waals surface area contributed by atoms with Gasteiger partial charge in [0.15, 0.2) is 5.65 Å². The Labute approximate surface area is 76.6 Å². The monoisotopic (exact) mass is 176 g/mol. The molecule has 0 saturated carbocycles. The Morgan fingerprint density at radius 3 is 3.15 bits per heavy atom. The van der Waals surface area contributed by atoms with Crippen molar-refractivity contribution in [3.05, 3.63) is 24.4 Å². The lowest BCUT2D eigenvalue weighted by Gasteiger charge is -1.94. The Kier molecular flexibility index (Phi) is 2.12. The molecule has 4 heteroatoms. The summed E-state index contributed by atoms with van der Waals surface area (Å²) >= 11 is 0. The van der Waals surface area contributed by atoms with Gasteiger partial charge in [-0.05, 0) is 18.6 Å². The molecule has 2 heterocycles. The van der Waals surface area contributed by atoms with Gasteiger partial charge in [0.25, 0.3) is 0 Å². The van der Waals surface area contributed by atoms with E-state index in [2.05, 4.69) is 22.3 Å². The summed E-state index contributed by atoms with van der Waals surface area (Å²) in [5, 5.41) is 7.39. The molecule has 0 aromatic carbocycles. The predicted molar refractivity (Wildman–Crippen MR) is 51.8 cm³/mol. The number of hydrogen-bond donors (Lipinski definition) is 1. The summed E-state index contributed by atoms with van der Waals surface area (Å²) in [6, 6.07) is 5.82. The highest BCUT2D eigenvalue weighted by molar-refractivity contribution is 5.42. The Hall–Kier alpha value is -1.58. The molecular formula is C9H12N4. The zero-order chi connectivity index (χ0) is 9.10. The summed E-state index contributed by atoms with van der Waals surface area (Å²) in [6.45, 7) is 3.03. The van der Waals surface area contributed by atoms with Gasteiger partial charge >= 0.3 is 0 Å². The van der Waals surface area contributed by atoms with Gasteiger partial charge in [-0.15, -0.1) is 5.10 Å². The van der Waals surface area contributed by atoms with Crippen molar-refractivity contribution in [1.29, 1.82) is 0 Å². The zero-order valence-corrected chi connectivity index (χ0v) is 7.57. The van der Waals surface area contributed by atoms with E-state index in [1.54, 1.807) is 4.52 Å². The summed E-state index contributed by atoms with van der Waals surface area (Å²) < 4.78 is 1.76. The highest BCUT2D eigenvalue weighted by Gasteiger charge is 1.99. The quantitative estimate of drug-likeness (QED) is 0.771. The summed E-state index contributed by atoms with van der Waals surface area (Å²) in [6.07, 6.45) is 2.97. The number of nitrogens with one attached hydrogen (secondary N) is 1. The molecule has 0 amide bonds. The molecule has 4 nitrogen and oxygen atoms in total. The number of aromatic nitrogens is 3. The van der Waals surface area contributed by atoms with Gasteiger partial charge in [0.1, 0.15) is 0 Å². The van der Waals surface area contributed by atoms with Gasteiger partial charge in [-0.1, -0.05) is 13.0 Å². The Morgan fingerprint density at radius 2 is 2.38 bits per heavy atom. The lowest BCUT2D eigenvalue weighted by atomic mass is 10.5. The van der Waals surface area contributed by atoms with Crippen LogP contribution in [-0.2, 0) is 0 Å². The zero-order valence-electron chi connectivity index (χ0n) is 7.57. The minimum atomic E-state index is 0.702. The van der Waals surface area contributed by atoms with E-state index in [9.17, 15) is 0 Å². The van der Waals surface area contributed by atoms with E-state index >= 15 is 0 Å². The van der Waals surface area contributed by atoms with Crippen molar-refractivity contribution in [3.63, 3.8) is 0 Å². The molecule has 0 bridgehead atoms. The van der Waals surface area contributed by atoms with Crippen LogP contribution in [0.3, 0.4) is 0 Å². The van der Waals surface area contributed by atoms with Crippen LogP contribution in [0.25, 0.3) is 5.65 Å². The van der Waals surface area contributed by atoms with Crippen molar-refractivity contribution in [2.45, 2.75) is 13.3 Å². The second-order valence-corrected chi connectivity index (χ2v) is 2.87. The van der Waals surface area contributed by atoms with E-state index < -0.39 is 0 Å². The van der Waals surface area contributed by atoms with Crippen molar-refractivity contribution >= 4 is 11.6 Å². The van der Waals surface area contributed by atoms with E-state index in [1.165, 1.54) is 0 Å². The number of anilines is 1. The molecule has 0 fully saturated rings. The molecule has 0 aliphatic carbocycles. The molecular weight excluding hydrogens is 164 g/mol. The second kappa shape index (κ2) is 3.43. The van der Waals surface area contributed by atoms with Gasteiger partial charge < -0.3 is 5.32 Å². The largest absolute Gasteiger partial charge is 0.353 e. The van der Waals surface area contributed by atoms with Crippen LogP contribution in [0.4, 0.5) is 5.95 Å². The van der Waals surface area contributed by atoms with Gasteiger partial charge in [0.05, 0.1) is 0 Å². The molecule has 2 aromatic rings. The van der Waals surface area contributed by atoms with Gasteiger partial charge in [0, 0.05) is 12.7 Å². The van der Waals surface area contributed by atoms with Crippen molar-refractivity contribution in [2.24, 2.45) is 0 Å². The first kappa shape index (κ1) is 8.04. The molecule has 0 atom stereocenters. The average molecular weight is 176 g/mol. The van der Waals surface area contributed by atoms with Crippen LogP contribution in [0.15, 0.2) is 24.4 Å². The normalized spacial score (nSPS) is 10.5. The van der Waals surface area contributed by atoms with E-state index in [0.717, 1.165) is 18.6 Å². The molecule has 2 rings (SSSR count). The Morgan fingerprint density at radius 1 is 1.46 bits per heavy atom. The number of pyridine rings is 1. The lowest BCUT2D eigenvalue weighted by Crippen LogP contribution is -2.01. The molecule has 0 aliphatic heterocycles. The minimum Gasteiger partial charge on any atom is -0.353 e. The van der Waals surface area contributed by atoms with Crippen molar-refractivity contribution < 1.29 is 0 Å². The molecule has 2 aromatic heterocycles. The van der Waals surface area contributed by atoms with Crippen LogP contribution in [-0.4, -0.2) is 21.1 Å². The Balaban J connectivity index is 2.28. The first-order valence-corrected chi connectivity index (χ1v) is 4.45. The van der Waals surface area contributed by atoms with Crippen LogP contribution in [0, 0.1) is 0 Å². The third kappa shape index (κ3) is 1.61. The van der Waals surface area contributed by atoms with Crippen LogP contribution in [0.1, 0.15) is 13.3 Å². The summed E-state index contributed by atoms with van der Waals surface area (Å²) in [7, 11) is 0. The maximum absolute atomic E-state index is 4.29. The molecule has 0 radical (unpaired) electrons. The number of fused-ring (bicyclic) bond motifs is 1. The third-order valence-electron chi connectivity index (χ3n) is 1.77. The predicted octanol–water partition coefficient (Wildman–Crippen LogP) is 1.55. The van der Waals surface area contributed by atoms with Gasteiger partial charge in [-0.2, -0.15) is 4.98 Å². The summed E-state index contributed by atoms with van der Waals surface area (Å²) in [5.74, 6) is 0.702. The van der Waals surface area contributed by atoms with E-state index in [-0.39, 0.29) is 0 Å². The minimum absolute atomic E-state index is 0.702. The molecule has 13 heavy (non-hydrogen) atoms. The van der Waals surface area contributed by atoms with Gasteiger partial charge in [0.2, 0.25) is 5.95 Å². The third-order valence-corrected chi connectivity index (χ3v) is 1.77. The van der Waals surface area contributed by atoms with E-state index in [0.29, 0.717) is 5.95 Å². The molecule has 68 valence electrons. The number of rotatable bonds is 3. The fourth-order valence-electron chi connectivity index (χ4n) is 1.14. The first-order valence-electron chi connectivity index (χ1n) is 4.45. The number of nitrogens with zero attached hydrogens (tertiary/aromatic N) is 3. The molecule has 0 aliphatic rings. The molecule has 0 spiro atoms. The fourth-order valence-corrected chi connectivity index (χ4v) is 1.14. The highest BCUT2D eigenvalue weighted by atomic mass is 15.3. The van der Waals surface area contributed by atoms with Crippen molar-refractivity contribution in [2.75, 3.05) is 11.9 Å². The summed E-state index contributed by atoms with van der Waals surface area (Å²) in [4.78, 5) is 4.29. The average Bonchev–Trinajstić information content (AvgIpc) is 2.57. The van der Waals surface area contributed by atoms with Crippen LogP contribution >= 0.6 is 0 Å². The maximum atomic E-state index is 4.29. The Bertz CT molecular complexity index is 360. The first-order chi connectivity index (χ1) is 6.40. The van der Waals surface area contributed by atoms with Crippen LogP contribution < -0.4 is 5.32 Å². The standard InChI is InChI=1S/C9H12N4/c1-2-6-10-9-11-8-5-3-4-7-13(8)12-9/h3-5,7H,2,6H2,1H3,(H,10,12). The van der Waals surface area contributed by atoms with Crippen molar-refractivity contribution in [1.82, 2.24) is 14.6 Å². The second-order valence-electron chi connectivity index (χ2n) is 2.87. The molecule has 0 unspecified atom stereocenters. The molecule has 0 saturated heterocycles. The van der Waals surface area contributed by atoms with Crippen molar-refractivity contribution in [3.8, 4) is 0 Å². The fraction of sp³-hybridized carbons (Fsp3) is 0.333. The maximum Gasteiger partial charge on any atom is 0.243 e. The highest BCUT2D eigenvalue weighted by Crippen LogP contribution is 2.03. The van der Waals surface area contributed by atoms with E-state index in [4.69, 9.17) is 0 Å². The van der Waals surface area contributed by atoms with Crippen LogP contribution in [0.2, 0.25) is 0 Å². The summed E-state index contributed by atoms with van der Waals surface area (Å²) in [5.41, 5.74) is 0.876. The van der Waals surface area contributed by atoms with Crippen LogP contribution in [0.5, 0.6) is 0 Å². The number of hydrogen-bond acceptors (Lipinski definition) is 3. The lowest BCUT2D eigenvalue weighted by molar-refractivity contribution is 0.924. The smallest absolute Gasteiger partial charge is 0.243 e. The van der Waals surface area contributed by atoms with Gasteiger partial charge in [-0.25, -0.2) is 4.52 Å². The molecule has 1 N–H and O–H groups in total. The van der Waals surface area contributed by atoms with Gasteiger partial charge in [-0.3, -0.25) is 0 Å². The topological polar surface area (TPSA) is 42.2 Å².